The second kappa shape index (κ2) is 3.98. The number of hydrogen-bond donors (Lipinski definition) is 0. The first-order valence-electron chi connectivity index (χ1n) is 3.21. The smallest absolute Gasteiger partial charge is 0.232 e. The van der Waals surface area contributed by atoms with E-state index in [9.17, 15) is 4.79 Å². The first-order chi connectivity index (χ1) is 5.86. The van der Waals surface area contributed by atoms with E-state index in [2.05, 4.69) is 9.97 Å². The van der Waals surface area contributed by atoms with Gasteiger partial charge in [-0.1, -0.05) is 0 Å². The van der Waals surface area contributed by atoms with E-state index < -0.39 is 0 Å². The molecular weight excluding hydrogens is 154 g/mol. The zero-order chi connectivity index (χ0) is 8.81. The van der Waals surface area contributed by atoms with E-state index in [0.717, 1.165) is 0 Å². The molecule has 0 aromatic carbocycles. The predicted octanol–water partition coefficient (Wildman–Crippen LogP) is 0.560. The topological polar surface area (TPSA) is 66.6 Å². The van der Waals surface area contributed by atoms with Gasteiger partial charge in [0.1, 0.15) is 12.4 Å². The van der Waals surface area contributed by atoms with E-state index in [1.807, 2.05) is 0 Å². The molecule has 0 aliphatic rings. The molecule has 0 saturated heterocycles. The average molecular weight is 159 g/mol. The monoisotopic (exact) mass is 159 g/mol. The van der Waals surface area contributed by atoms with Gasteiger partial charge >= 0.3 is 0 Å². The van der Waals surface area contributed by atoms with Crippen LogP contribution in [0.4, 0.5) is 0 Å². The van der Waals surface area contributed by atoms with E-state index in [-0.39, 0.29) is 5.82 Å². The van der Waals surface area contributed by atoms with Crippen LogP contribution in [-0.2, 0) is 4.79 Å². The fraction of sp³-hybridized carbons (Fsp3) is 0. The largest absolute Gasteiger partial charge is 0.299 e. The number of nitrogens with zero attached hydrogens (tertiary/aromatic N) is 3. The number of allylic oxidation sites excluding steroid dienone is 1. The Balaban J connectivity index is 2.86. The van der Waals surface area contributed by atoms with Crippen molar-refractivity contribution in [3.63, 3.8) is 0 Å². The van der Waals surface area contributed by atoms with Crippen LogP contribution in [0.25, 0.3) is 6.08 Å². The quantitative estimate of drug-likeness (QED) is 0.467. The molecule has 4 heteroatoms. The Hall–Kier alpha value is -2.02. The number of hydrogen-bond acceptors (Lipinski definition) is 4. The van der Waals surface area contributed by atoms with Crippen molar-refractivity contribution in [3.05, 3.63) is 29.9 Å². The molecule has 1 aromatic rings. The summed E-state index contributed by atoms with van der Waals surface area (Å²) in [7, 11) is 0. The molecule has 58 valence electrons. The average Bonchev–Trinajstić information content (AvgIpc) is 2.15. The third kappa shape index (κ3) is 1.99. The third-order valence-electron chi connectivity index (χ3n) is 1.14. The van der Waals surface area contributed by atoms with Crippen LogP contribution in [0.2, 0.25) is 0 Å². The van der Waals surface area contributed by atoms with Gasteiger partial charge in [0.25, 0.3) is 0 Å². The molecule has 4 nitrogen and oxygen atoms in total. The lowest BCUT2D eigenvalue weighted by molar-refractivity contribution is -0.104. The molecule has 1 rings (SSSR count). The Morgan fingerprint density at radius 1 is 1.42 bits per heavy atom. The highest BCUT2D eigenvalue weighted by Crippen LogP contribution is 1.96. The highest BCUT2D eigenvalue weighted by atomic mass is 16.1. The molecule has 1 heterocycles. The molecule has 0 aliphatic heterocycles. The van der Waals surface area contributed by atoms with Crippen LogP contribution in [0.1, 0.15) is 11.4 Å². The highest BCUT2D eigenvalue weighted by molar-refractivity contribution is 5.73. The first kappa shape index (κ1) is 8.08. The zero-order valence-corrected chi connectivity index (χ0v) is 6.14. The lowest BCUT2D eigenvalue weighted by atomic mass is 10.3. The van der Waals surface area contributed by atoms with Crippen LogP contribution >= 0.6 is 0 Å². The summed E-state index contributed by atoms with van der Waals surface area (Å²) in [5.74, 6) is 0.123. The summed E-state index contributed by atoms with van der Waals surface area (Å²) in [6, 6.07) is 1.79. The molecule has 0 aliphatic carbocycles. The van der Waals surface area contributed by atoms with Crippen molar-refractivity contribution in [1.29, 1.82) is 5.26 Å². The van der Waals surface area contributed by atoms with Gasteiger partial charge in [0.15, 0.2) is 0 Å². The maximum Gasteiger partial charge on any atom is 0.232 e. The summed E-state index contributed by atoms with van der Waals surface area (Å²) in [4.78, 5) is 17.3. The fourth-order valence-electron chi connectivity index (χ4n) is 0.632. The molecule has 0 bridgehead atoms. The summed E-state index contributed by atoms with van der Waals surface area (Å²) >= 11 is 0. The number of aldehydes is 1. The van der Waals surface area contributed by atoms with Crippen LogP contribution in [-0.4, -0.2) is 16.3 Å². The molecule has 12 heavy (non-hydrogen) atoms. The molecule has 0 saturated carbocycles. The van der Waals surface area contributed by atoms with Crippen molar-refractivity contribution >= 4 is 12.4 Å². The van der Waals surface area contributed by atoms with Crippen molar-refractivity contribution in [2.45, 2.75) is 0 Å². The van der Waals surface area contributed by atoms with E-state index in [1.165, 1.54) is 18.5 Å². The molecule has 0 atom stereocenters. The summed E-state index contributed by atoms with van der Waals surface area (Å²) in [5, 5.41) is 8.36. The van der Waals surface area contributed by atoms with Crippen molar-refractivity contribution in [2.24, 2.45) is 0 Å². The molecular formula is C8H5N3O. The van der Waals surface area contributed by atoms with Gasteiger partial charge < -0.3 is 0 Å². The minimum Gasteiger partial charge on any atom is -0.299 e. The van der Waals surface area contributed by atoms with Crippen molar-refractivity contribution in [1.82, 2.24) is 9.97 Å². The Labute approximate surface area is 69.2 Å². The van der Waals surface area contributed by atoms with Gasteiger partial charge in [-0.3, -0.25) is 4.79 Å². The van der Waals surface area contributed by atoms with Crippen LogP contribution in [0.15, 0.2) is 18.5 Å². The fourth-order valence-corrected chi connectivity index (χ4v) is 0.632. The SMILES string of the molecule is N#Cc1ncc(C=CC=O)cn1. The number of rotatable bonds is 2. The van der Waals surface area contributed by atoms with E-state index in [1.54, 1.807) is 12.1 Å². The first-order valence-corrected chi connectivity index (χ1v) is 3.21. The summed E-state index contributed by atoms with van der Waals surface area (Å²) in [6.07, 6.45) is 6.52. The molecule has 0 unspecified atom stereocenters. The van der Waals surface area contributed by atoms with Gasteiger partial charge in [0.05, 0.1) is 0 Å². The number of aromatic nitrogens is 2. The minimum absolute atomic E-state index is 0.123. The van der Waals surface area contributed by atoms with Gasteiger partial charge in [-0.2, -0.15) is 5.26 Å². The predicted molar refractivity (Wildman–Crippen MR) is 41.8 cm³/mol. The molecule has 0 amide bonds. The number of carbonyl (C=O) groups excluding carboxylic acids is 1. The second-order valence-corrected chi connectivity index (χ2v) is 1.95. The van der Waals surface area contributed by atoms with Gasteiger partial charge in [-0.25, -0.2) is 9.97 Å². The van der Waals surface area contributed by atoms with E-state index in [4.69, 9.17) is 5.26 Å². The maximum atomic E-state index is 9.92. The second-order valence-electron chi connectivity index (χ2n) is 1.95. The molecule has 0 fully saturated rings. The van der Waals surface area contributed by atoms with Gasteiger partial charge in [-0.05, 0) is 12.2 Å². The number of carbonyl (C=O) groups is 1. The van der Waals surface area contributed by atoms with Crippen LogP contribution in [0.5, 0.6) is 0 Å². The van der Waals surface area contributed by atoms with Crippen LogP contribution in [0, 0.1) is 11.3 Å². The Morgan fingerprint density at radius 3 is 2.58 bits per heavy atom. The summed E-state index contributed by atoms with van der Waals surface area (Å²) in [6.45, 7) is 0. The summed E-state index contributed by atoms with van der Waals surface area (Å²) in [5.41, 5.74) is 0.695. The van der Waals surface area contributed by atoms with Crippen molar-refractivity contribution in [2.75, 3.05) is 0 Å². The third-order valence-corrected chi connectivity index (χ3v) is 1.14. The van der Waals surface area contributed by atoms with Crippen molar-refractivity contribution in [3.8, 4) is 6.07 Å². The normalized spacial score (nSPS) is 9.58. The minimum atomic E-state index is 0.123. The van der Waals surface area contributed by atoms with Gasteiger partial charge in [0, 0.05) is 18.0 Å². The van der Waals surface area contributed by atoms with Gasteiger partial charge in [-0.15, -0.1) is 0 Å². The number of nitriles is 1. The zero-order valence-electron chi connectivity index (χ0n) is 6.14. The molecule has 1 aromatic heterocycles. The Bertz CT molecular complexity index is 334. The van der Waals surface area contributed by atoms with Crippen LogP contribution in [0.3, 0.4) is 0 Å². The maximum absolute atomic E-state index is 9.92. The Kier molecular flexibility index (Phi) is 2.68. The lowest BCUT2D eigenvalue weighted by Crippen LogP contribution is -1.87. The molecule has 0 N–H and O–H groups in total. The lowest BCUT2D eigenvalue weighted by Gasteiger charge is -1.89. The molecule has 0 spiro atoms. The van der Waals surface area contributed by atoms with E-state index >= 15 is 0 Å². The summed E-state index contributed by atoms with van der Waals surface area (Å²) < 4.78 is 0. The Morgan fingerprint density at radius 2 is 2.08 bits per heavy atom. The highest BCUT2D eigenvalue weighted by Gasteiger charge is 1.91. The van der Waals surface area contributed by atoms with Crippen molar-refractivity contribution < 1.29 is 4.79 Å². The van der Waals surface area contributed by atoms with E-state index in [0.29, 0.717) is 11.8 Å². The standard InChI is InChI=1S/C8H5N3O/c9-4-8-10-5-7(6-11-8)2-1-3-12/h1-3,5-6H. The molecule has 0 radical (unpaired) electrons. The van der Waals surface area contributed by atoms with Gasteiger partial charge in [0.2, 0.25) is 5.82 Å². The van der Waals surface area contributed by atoms with Crippen LogP contribution < -0.4 is 0 Å².